The van der Waals surface area contributed by atoms with Crippen LogP contribution < -0.4 is 5.32 Å². The molecule has 2 aromatic rings. The number of aromatic nitrogens is 2. The van der Waals surface area contributed by atoms with E-state index in [0.717, 1.165) is 18.9 Å². The molecule has 4 nitrogen and oxygen atoms in total. The molecule has 28 heavy (non-hydrogen) atoms. The van der Waals surface area contributed by atoms with Gasteiger partial charge in [-0.15, -0.1) is 0 Å². The fourth-order valence-corrected chi connectivity index (χ4v) is 3.44. The van der Waals surface area contributed by atoms with Crippen LogP contribution in [0, 0.1) is 11.6 Å². The van der Waals surface area contributed by atoms with Crippen molar-refractivity contribution in [2.75, 3.05) is 6.54 Å². The van der Waals surface area contributed by atoms with Crippen LogP contribution in [-0.2, 0) is 12.1 Å². The van der Waals surface area contributed by atoms with E-state index in [2.05, 4.69) is 24.3 Å². The number of nitrogens with zero attached hydrogens (tertiary/aromatic N) is 2. The Morgan fingerprint density at radius 2 is 1.93 bits per heavy atom. The summed E-state index contributed by atoms with van der Waals surface area (Å²) in [5, 5.41) is 18.7. The van der Waals surface area contributed by atoms with Crippen LogP contribution in [0.15, 0.2) is 36.7 Å². The van der Waals surface area contributed by atoms with Crippen molar-refractivity contribution in [1.82, 2.24) is 15.1 Å². The van der Waals surface area contributed by atoms with Gasteiger partial charge in [-0.05, 0) is 25.5 Å². The predicted octanol–water partition coefficient (Wildman–Crippen LogP) is 4.78. The highest BCUT2D eigenvalue weighted by atomic mass is 19.1. The first-order valence-electron chi connectivity index (χ1n) is 10.3. The first-order chi connectivity index (χ1) is 13.4. The van der Waals surface area contributed by atoms with E-state index < -0.39 is 17.2 Å². The van der Waals surface area contributed by atoms with Crippen molar-refractivity contribution < 1.29 is 13.9 Å². The van der Waals surface area contributed by atoms with E-state index >= 15 is 0 Å². The molecule has 6 heteroatoms. The number of halogens is 2. The van der Waals surface area contributed by atoms with Crippen LogP contribution in [0.5, 0.6) is 0 Å². The van der Waals surface area contributed by atoms with Crippen molar-refractivity contribution in [3.63, 3.8) is 0 Å². The fourth-order valence-electron chi connectivity index (χ4n) is 3.44. The molecule has 0 amide bonds. The Bertz CT molecular complexity index is 693. The zero-order chi connectivity index (χ0) is 20.4. The third-order valence-electron chi connectivity index (χ3n) is 5.15. The van der Waals surface area contributed by atoms with E-state index in [1.165, 1.54) is 44.2 Å². The largest absolute Gasteiger partial charge is 0.382 e. The van der Waals surface area contributed by atoms with Crippen molar-refractivity contribution in [2.24, 2.45) is 0 Å². The zero-order valence-corrected chi connectivity index (χ0v) is 17.0. The minimum atomic E-state index is -1.53. The summed E-state index contributed by atoms with van der Waals surface area (Å²) in [4.78, 5) is 0. The molecule has 2 rings (SSSR count). The lowest BCUT2D eigenvalue weighted by Gasteiger charge is -2.31. The third kappa shape index (κ3) is 6.99. The standard InChI is InChI=1S/C22H33F2N3O/c1-3-4-5-6-7-8-10-18(2)25-16-22(28,17-27-14-9-13-26-27)20-12-11-19(23)15-21(20)24/h9,11-15,18,25,28H,3-8,10,16-17H2,1-2H3. The highest BCUT2D eigenvalue weighted by Crippen LogP contribution is 2.26. The van der Waals surface area contributed by atoms with Gasteiger partial charge >= 0.3 is 0 Å². The first-order valence-corrected chi connectivity index (χ1v) is 10.3. The topological polar surface area (TPSA) is 50.1 Å². The van der Waals surface area contributed by atoms with Crippen LogP contribution in [0.25, 0.3) is 0 Å². The molecule has 1 aromatic carbocycles. The molecular formula is C22H33F2N3O. The van der Waals surface area contributed by atoms with Crippen molar-refractivity contribution in [2.45, 2.75) is 77.0 Å². The summed E-state index contributed by atoms with van der Waals surface area (Å²) in [6.07, 6.45) is 11.7. The molecule has 2 atom stereocenters. The normalized spacial score (nSPS) is 14.8. The van der Waals surface area contributed by atoms with Crippen molar-refractivity contribution in [1.29, 1.82) is 0 Å². The molecule has 0 fully saturated rings. The van der Waals surface area contributed by atoms with E-state index in [4.69, 9.17) is 0 Å². The summed E-state index contributed by atoms with van der Waals surface area (Å²) < 4.78 is 29.3. The molecule has 0 radical (unpaired) electrons. The molecule has 1 heterocycles. The number of rotatable bonds is 13. The van der Waals surface area contributed by atoms with Gasteiger partial charge in [0.05, 0.1) is 6.54 Å². The quantitative estimate of drug-likeness (QED) is 0.482. The number of hydrogen-bond acceptors (Lipinski definition) is 3. The highest BCUT2D eigenvalue weighted by molar-refractivity contribution is 5.25. The maximum atomic E-state index is 14.4. The number of hydrogen-bond donors (Lipinski definition) is 2. The van der Waals surface area contributed by atoms with Crippen LogP contribution in [0.4, 0.5) is 8.78 Å². The Hall–Kier alpha value is -1.79. The van der Waals surface area contributed by atoms with Crippen molar-refractivity contribution in [3.8, 4) is 0 Å². The van der Waals surface area contributed by atoms with Crippen LogP contribution in [0.2, 0.25) is 0 Å². The zero-order valence-electron chi connectivity index (χ0n) is 17.0. The molecule has 0 saturated carbocycles. The van der Waals surface area contributed by atoms with Gasteiger partial charge in [0, 0.05) is 36.6 Å². The second kappa shape index (κ2) is 11.3. The van der Waals surface area contributed by atoms with E-state index in [9.17, 15) is 13.9 Å². The number of benzene rings is 1. The Morgan fingerprint density at radius 3 is 2.61 bits per heavy atom. The van der Waals surface area contributed by atoms with Gasteiger partial charge in [0.25, 0.3) is 0 Å². The monoisotopic (exact) mass is 393 g/mol. The summed E-state index contributed by atoms with van der Waals surface area (Å²) in [5.74, 6) is -1.41. The molecule has 0 aliphatic heterocycles. The first kappa shape index (κ1) is 22.5. The Kier molecular flexibility index (Phi) is 9.06. The van der Waals surface area contributed by atoms with Crippen molar-refractivity contribution in [3.05, 3.63) is 53.9 Å². The van der Waals surface area contributed by atoms with Crippen LogP contribution >= 0.6 is 0 Å². The smallest absolute Gasteiger partial charge is 0.132 e. The second-order valence-electron chi connectivity index (χ2n) is 7.70. The number of nitrogens with one attached hydrogen (secondary N) is 1. The van der Waals surface area contributed by atoms with Gasteiger partial charge in [-0.25, -0.2) is 8.78 Å². The predicted molar refractivity (Wildman–Crippen MR) is 108 cm³/mol. The van der Waals surface area contributed by atoms with Gasteiger partial charge in [-0.2, -0.15) is 5.10 Å². The number of aliphatic hydroxyl groups is 1. The van der Waals surface area contributed by atoms with E-state index in [1.807, 2.05) is 0 Å². The van der Waals surface area contributed by atoms with Gasteiger partial charge in [-0.3, -0.25) is 4.68 Å². The Morgan fingerprint density at radius 1 is 1.18 bits per heavy atom. The third-order valence-corrected chi connectivity index (χ3v) is 5.15. The lowest BCUT2D eigenvalue weighted by Crippen LogP contribution is -2.45. The Balaban J connectivity index is 1.96. The van der Waals surface area contributed by atoms with Gasteiger partial charge in [0.15, 0.2) is 0 Å². The van der Waals surface area contributed by atoms with E-state index in [0.29, 0.717) is 0 Å². The fraction of sp³-hybridized carbons (Fsp3) is 0.591. The summed E-state index contributed by atoms with van der Waals surface area (Å²) >= 11 is 0. The molecular weight excluding hydrogens is 360 g/mol. The van der Waals surface area contributed by atoms with E-state index in [1.54, 1.807) is 23.1 Å². The van der Waals surface area contributed by atoms with Gasteiger partial charge in [0.1, 0.15) is 17.2 Å². The molecule has 2 N–H and O–H groups in total. The summed E-state index contributed by atoms with van der Waals surface area (Å²) in [6, 6.07) is 5.23. The maximum Gasteiger partial charge on any atom is 0.132 e. The summed E-state index contributed by atoms with van der Waals surface area (Å²) in [6.45, 7) is 4.52. The summed E-state index contributed by atoms with van der Waals surface area (Å²) in [5.41, 5.74) is -1.46. The minimum Gasteiger partial charge on any atom is -0.382 e. The average Bonchev–Trinajstić information content (AvgIpc) is 3.15. The van der Waals surface area contributed by atoms with Crippen LogP contribution in [-0.4, -0.2) is 27.5 Å². The van der Waals surface area contributed by atoms with E-state index in [-0.39, 0.29) is 24.7 Å². The second-order valence-corrected chi connectivity index (χ2v) is 7.70. The lowest BCUT2D eigenvalue weighted by atomic mass is 9.92. The molecule has 2 unspecified atom stereocenters. The average molecular weight is 394 g/mol. The molecule has 0 bridgehead atoms. The van der Waals surface area contributed by atoms with Crippen molar-refractivity contribution >= 4 is 0 Å². The molecule has 0 aliphatic carbocycles. The number of unbranched alkanes of at least 4 members (excludes halogenated alkanes) is 5. The summed E-state index contributed by atoms with van der Waals surface area (Å²) in [7, 11) is 0. The molecule has 156 valence electrons. The molecule has 0 aliphatic rings. The molecule has 1 aromatic heterocycles. The highest BCUT2D eigenvalue weighted by Gasteiger charge is 2.33. The maximum absolute atomic E-state index is 14.4. The Labute approximate surface area is 167 Å². The lowest BCUT2D eigenvalue weighted by molar-refractivity contribution is 0.00977. The molecule has 0 spiro atoms. The van der Waals surface area contributed by atoms with Gasteiger partial charge < -0.3 is 10.4 Å². The molecule has 0 saturated heterocycles. The minimum absolute atomic E-state index is 0.0728. The van der Waals surface area contributed by atoms with Gasteiger partial charge in [0.2, 0.25) is 0 Å². The van der Waals surface area contributed by atoms with Gasteiger partial charge in [-0.1, -0.05) is 51.5 Å². The van der Waals surface area contributed by atoms with Crippen LogP contribution in [0.1, 0.15) is 64.4 Å². The SMILES string of the molecule is CCCCCCCCC(C)NCC(O)(Cn1cccn1)c1ccc(F)cc1F. The van der Waals surface area contributed by atoms with Crippen LogP contribution in [0.3, 0.4) is 0 Å².